The van der Waals surface area contributed by atoms with E-state index in [9.17, 15) is 24.6 Å². The molecule has 0 atom stereocenters. The molecule has 0 unspecified atom stereocenters. The van der Waals surface area contributed by atoms with E-state index in [2.05, 4.69) is 187 Å². The van der Waals surface area contributed by atoms with Crippen molar-refractivity contribution in [3.8, 4) is 0 Å². The van der Waals surface area contributed by atoms with Crippen molar-refractivity contribution in [1.82, 2.24) is 37.8 Å². The van der Waals surface area contributed by atoms with Crippen LogP contribution in [0, 0.1) is 76.2 Å². The summed E-state index contributed by atoms with van der Waals surface area (Å²) in [6.07, 6.45) is 9.36. The molecule has 9 N–H and O–H groups in total. The van der Waals surface area contributed by atoms with Crippen LogP contribution in [-0.2, 0) is 75.3 Å². The number of nitrogens with one attached hydrogen (secondary N) is 7. The Morgan fingerprint density at radius 2 is 1.12 bits per heavy atom. The molecule has 6 aromatic heterocycles. The molecule has 0 aliphatic rings. The average molecular weight is 1630 g/mol. The summed E-state index contributed by atoms with van der Waals surface area (Å²) in [5.74, 6) is 1.92. The van der Waals surface area contributed by atoms with Crippen molar-refractivity contribution >= 4 is 110 Å². The van der Waals surface area contributed by atoms with Crippen molar-refractivity contribution in [1.29, 1.82) is 0 Å². The van der Waals surface area contributed by atoms with Crippen molar-refractivity contribution in [2.75, 3.05) is 12.4 Å². The van der Waals surface area contributed by atoms with Gasteiger partial charge in [0.1, 0.15) is 52.2 Å². The number of hydrogen-bond acceptors (Lipinski definition) is 9. The van der Waals surface area contributed by atoms with Crippen LogP contribution in [0.2, 0.25) is 0 Å². The maximum absolute atomic E-state index is 11.1. The van der Waals surface area contributed by atoms with E-state index >= 15 is 0 Å². The summed E-state index contributed by atoms with van der Waals surface area (Å²) in [7, 11) is 0.866. The molecule has 37 heteroatoms. The Labute approximate surface area is 594 Å². The molecular formula is C44H85Br2Cl6F3IKN13O7S4+. The van der Waals surface area contributed by atoms with Crippen LogP contribution in [0.3, 0.4) is 0 Å². The van der Waals surface area contributed by atoms with Crippen molar-refractivity contribution in [3.05, 3.63) is 106 Å². The molecule has 0 aliphatic carbocycles. The van der Waals surface area contributed by atoms with Gasteiger partial charge in [0.15, 0.2) is 11.4 Å². The van der Waals surface area contributed by atoms with E-state index in [0.29, 0.717) is 5.88 Å². The van der Waals surface area contributed by atoms with E-state index in [4.69, 9.17) is 26.0 Å². The summed E-state index contributed by atoms with van der Waals surface area (Å²) in [4.78, 5) is 21.9. The van der Waals surface area contributed by atoms with Crippen molar-refractivity contribution in [2.45, 2.75) is 163 Å². The molecule has 0 saturated heterocycles. The molecule has 0 bridgehead atoms. The first-order valence-electron chi connectivity index (χ1n) is 22.9. The van der Waals surface area contributed by atoms with Gasteiger partial charge in [0.05, 0.1) is 44.1 Å². The standard InChI is InChI=1S/C10H19N2.C9H17N2.C7H12N2.C5H7ClN2.C5H8N2O.C5H8N2.C2H5Br.CH4O.BrH.Cl2OS.3ClH.F2HNO4S2.FH.HIS.K/c1-6-11-8(3)9(4)12(7-2)10(11)5;1-5-10-7-11(6-2)9(4)8(10)3;1-4-9-5-8-6(2)7(9)3;1-4-5(2-6)8-3-7-4;1-4-5(2-8)7-3-6-4;1-4-5(2)7-3-6-4;1-2-3;1-2;;1-4(2)3;;;;1-8(4,5)3-9(2,6)7;;1-2;/h6-7H2,1-5H3;7H,5-6H2,1-4H3;5H,4H2,1-3H3;3H,2H2,1H3,(H,7,8);3,8H,2H2,1H3,(H,6,7);3H,1-2H3,(H,6,7);2H2,1H3;2H,1H3;1H;;3*1H;3H;1H;2H;/q2*+1;;;;;;;;;;;;;;;+1/p-2. The van der Waals surface area contributed by atoms with Crippen molar-refractivity contribution in [3.63, 3.8) is 0 Å². The monoisotopic (exact) mass is 1630 g/mol. The molecule has 0 amide bonds. The number of aromatic nitrogens is 12. The van der Waals surface area contributed by atoms with E-state index < -0.39 is 30.0 Å². The third kappa shape index (κ3) is 50.0. The molecule has 81 heavy (non-hydrogen) atoms. The predicted octanol–water partition coefficient (Wildman–Crippen LogP) is -10.0. The molecule has 20 nitrogen and oxygen atoms in total. The second kappa shape index (κ2) is 62.0. The summed E-state index contributed by atoms with van der Waals surface area (Å²) < 4.78 is 79.8. The van der Waals surface area contributed by atoms with Gasteiger partial charge in [-0.3, -0.25) is 0 Å². The van der Waals surface area contributed by atoms with Crippen LogP contribution in [0.5, 0.6) is 0 Å². The number of aromatic amines is 6. The second-order valence-electron chi connectivity index (χ2n) is 14.7. The van der Waals surface area contributed by atoms with Gasteiger partial charge < -0.3 is 73.7 Å². The molecule has 0 spiro atoms. The zero-order valence-corrected chi connectivity index (χ0v) is 65.7. The van der Waals surface area contributed by atoms with Crippen LogP contribution in [0.25, 0.3) is 0 Å². The fraction of sp³-hybridized carbons (Fsp3) is 0.591. The number of hydrogen-bond donors (Lipinski definition) is 7. The third-order valence-corrected chi connectivity index (χ3v) is 12.2. The summed E-state index contributed by atoms with van der Waals surface area (Å²) >= 11 is 10.5. The van der Waals surface area contributed by atoms with Gasteiger partial charge >= 0.3 is 72.2 Å². The Morgan fingerprint density at radius 1 is 0.728 bits per heavy atom. The summed E-state index contributed by atoms with van der Waals surface area (Å²) in [5.41, 5.74) is 14.4. The van der Waals surface area contributed by atoms with Gasteiger partial charge in [0.2, 0.25) is 34.5 Å². The molecule has 0 aliphatic heterocycles. The Kier molecular flexibility index (Phi) is 81.3. The molecule has 0 radical (unpaired) electrons. The quantitative estimate of drug-likeness (QED) is 0.0182. The molecule has 6 rings (SSSR count). The van der Waals surface area contributed by atoms with Crippen molar-refractivity contribution < 1.29 is 173 Å². The number of H-pyrrole nitrogens is 6. The number of alkyl halides is 2. The molecule has 6 heterocycles. The Bertz CT molecular complexity index is 2540. The van der Waals surface area contributed by atoms with Gasteiger partial charge in [0.25, 0.3) is 5.82 Å². The number of aliphatic hydroxyl groups is 2. The topological polar surface area (TPSA) is 263 Å². The largest absolute Gasteiger partial charge is 1.00 e. The first kappa shape index (κ1) is 106. The molecular weight excluding hydrogens is 1550 g/mol. The Hall–Kier alpha value is 0.396. The maximum Gasteiger partial charge on any atom is 1.00 e. The minimum atomic E-state index is -5.49. The molecule has 0 aromatic carbocycles. The number of nitrogens with zero attached hydrogens (tertiary/aromatic N) is 6. The number of aliphatic hydroxyl groups excluding tert-OH is 2. The minimum Gasteiger partial charge on any atom is -1.00 e. The smallest absolute Gasteiger partial charge is 1.00 e. The SMILES string of the molecule is CCBr.CCn1c(C)c(C)[n+](CC)c1C.CCn1c[n+](CC)c(C)c1C.CCn1cnc(C)c1C.CO.Cc1[nH]c[nH+]c1C.Cc1[nH]c[nH+]c1CCl.Cc1[nH]c[nH+]c1CO.O=S(=O)(F)NS(=O)(=O)F.O=S(Cl)Cl.SI.[Br-].[Cl-].[Cl-].[Cl-].[F-].[K+]. The minimum absolute atomic E-state index is 0. The fourth-order valence-electron chi connectivity index (χ4n) is 5.96. The van der Waals surface area contributed by atoms with Gasteiger partial charge in [-0.05, 0) is 69.7 Å². The van der Waals surface area contributed by atoms with Crippen LogP contribution >= 0.6 is 79.9 Å². The average Bonchev–Trinajstić information content (AvgIpc) is 4.21. The van der Waals surface area contributed by atoms with Gasteiger partial charge in [-0.1, -0.05) is 34.8 Å². The molecule has 6 aromatic rings. The van der Waals surface area contributed by atoms with Crippen LogP contribution in [0.1, 0.15) is 116 Å². The molecule has 0 saturated carbocycles. The van der Waals surface area contributed by atoms with E-state index in [-0.39, 0.29) is 121 Å². The second-order valence-corrected chi connectivity index (χ2v) is 21.1. The summed E-state index contributed by atoms with van der Waals surface area (Å²) in [5, 5.41) is 16.6. The number of imidazole rings is 6. The number of halogens is 12. The normalized spacial score (nSPS) is 9.20. The number of aryl methyl sites for hydroxylation is 8. The van der Waals surface area contributed by atoms with Gasteiger partial charge in [-0.2, -0.15) is 16.8 Å². The molecule has 0 fully saturated rings. The maximum atomic E-state index is 11.1. The van der Waals surface area contributed by atoms with E-state index in [1.807, 2.05) is 75.4 Å². The van der Waals surface area contributed by atoms with Crippen molar-refractivity contribution in [2.24, 2.45) is 0 Å². The third-order valence-electron chi connectivity index (χ3n) is 10.4. The van der Waals surface area contributed by atoms with Crippen LogP contribution in [-0.4, -0.2) is 77.3 Å². The summed E-state index contributed by atoms with van der Waals surface area (Å²) in [6.45, 7) is 41.3. The Morgan fingerprint density at radius 3 is 1.27 bits per heavy atom. The van der Waals surface area contributed by atoms with Gasteiger partial charge in [-0.15, -0.1) is 21.4 Å². The van der Waals surface area contributed by atoms with Crippen LogP contribution in [0.4, 0.5) is 7.77 Å². The van der Waals surface area contributed by atoms with Crippen LogP contribution in [0.15, 0.2) is 31.6 Å². The van der Waals surface area contributed by atoms with E-state index in [1.165, 1.54) is 45.7 Å². The number of rotatable bonds is 9. The zero-order chi connectivity index (χ0) is 59.8. The van der Waals surface area contributed by atoms with E-state index in [1.54, 1.807) is 12.7 Å². The fourth-order valence-corrected chi connectivity index (χ4v) is 7.18. The van der Waals surface area contributed by atoms with Gasteiger partial charge in [-0.25, -0.2) is 57.4 Å². The zero-order valence-electron chi connectivity index (χ0n) is 49.4. The first-order chi connectivity index (χ1) is 34.9. The summed E-state index contributed by atoms with van der Waals surface area (Å²) in [6, 6.07) is 0. The first-order valence-corrected chi connectivity index (χ1v) is 33.4. The van der Waals surface area contributed by atoms with Gasteiger partial charge in [0, 0.05) is 108 Å². The van der Waals surface area contributed by atoms with E-state index in [0.717, 1.165) is 73.6 Å². The Balaban J connectivity index is -0.0000000755. The molecule has 476 valence electrons. The van der Waals surface area contributed by atoms with Crippen LogP contribution < -0.4 is 139 Å². The predicted molar refractivity (Wildman–Crippen MR) is 313 cm³/mol. The number of thiol groups is 1.